The Kier molecular flexibility index (Phi) is 9.83. The molecular formula is C16H26IN5OS2. The van der Waals surface area contributed by atoms with Crippen molar-refractivity contribution in [3.8, 4) is 0 Å². The second-order valence-corrected chi connectivity index (χ2v) is 7.44. The van der Waals surface area contributed by atoms with Crippen LogP contribution in [0.5, 0.6) is 0 Å². The van der Waals surface area contributed by atoms with Gasteiger partial charge in [-0.2, -0.15) is 0 Å². The van der Waals surface area contributed by atoms with Crippen LogP contribution in [0.3, 0.4) is 0 Å². The Bertz CT molecular complexity index is 673. The average Bonchev–Trinajstić information content (AvgIpc) is 3.20. The number of halogens is 1. The summed E-state index contributed by atoms with van der Waals surface area (Å²) in [6.45, 7) is 5.56. The molecule has 0 aromatic carbocycles. The molecule has 0 spiro atoms. The van der Waals surface area contributed by atoms with Crippen LogP contribution in [-0.4, -0.2) is 48.6 Å². The summed E-state index contributed by atoms with van der Waals surface area (Å²) in [4.78, 5) is 15.5. The number of methoxy groups -OCH3 is 1. The minimum Gasteiger partial charge on any atom is -0.375 e. The Morgan fingerprint density at radius 1 is 1.32 bits per heavy atom. The normalized spacial score (nSPS) is 12.6. The topological polar surface area (TPSA) is 62.6 Å². The fraction of sp³-hybridized carbons (Fsp3) is 0.562. The predicted molar refractivity (Wildman–Crippen MR) is 116 cm³/mol. The number of hydrogen-bond donors (Lipinski definition) is 1. The Labute approximate surface area is 174 Å². The quantitative estimate of drug-likeness (QED) is 0.362. The molecule has 2 rings (SSSR count). The third-order valence-corrected chi connectivity index (χ3v) is 5.45. The van der Waals surface area contributed by atoms with Gasteiger partial charge in [0.2, 0.25) is 0 Å². The number of ether oxygens (including phenoxy) is 1. The van der Waals surface area contributed by atoms with Gasteiger partial charge in [0.1, 0.15) is 11.1 Å². The van der Waals surface area contributed by atoms with Crippen molar-refractivity contribution in [3.63, 3.8) is 0 Å². The second kappa shape index (κ2) is 11.0. The lowest BCUT2D eigenvalue weighted by Crippen LogP contribution is -2.39. The van der Waals surface area contributed by atoms with E-state index in [2.05, 4.69) is 35.9 Å². The molecule has 2 heterocycles. The number of nitrogens with one attached hydrogen (secondary N) is 1. The summed E-state index contributed by atoms with van der Waals surface area (Å²) < 4.78 is 5.31. The molecule has 2 aromatic rings. The van der Waals surface area contributed by atoms with Crippen molar-refractivity contribution in [2.24, 2.45) is 4.99 Å². The molecule has 2 aromatic heterocycles. The predicted octanol–water partition coefficient (Wildman–Crippen LogP) is 3.48. The van der Waals surface area contributed by atoms with E-state index in [1.807, 2.05) is 20.9 Å². The average molecular weight is 495 g/mol. The highest BCUT2D eigenvalue weighted by Crippen LogP contribution is 2.20. The van der Waals surface area contributed by atoms with Crippen LogP contribution in [-0.2, 0) is 17.7 Å². The molecule has 0 amide bonds. The molecule has 0 bridgehead atoms. The lowest BCUT2D eigenvalue weighted by atomic mass is 10.3. The molecule has 0 aliphatic heterocycles. The van der Waals surface area contributed by atoms with E-state index in [-0.39, 0.29) is 30.1 Å². The Morgan fingerprint density at radius 3 is 2.64 bits per heavy atom. The number of rotatable bonds is 7. The lowest BCUT2D eigenvalue weighted by Gasteiger charge is -2.21. The molecule has 0 saturated carbocycles. The number of aryl methyl sites for hydroxylation is 1. The number of thiazole rings is 2. The fourth-order valence-corrected chi connectivity index (χ4v) is 3.70. The van der Waals surface area contributed by atoms with Crippen molar-refractivity contribution in [2.75, 3.05) is 27.7 Å². The van der Waals surface area contributed by atoms with Crippen LogP contribution in [0.2, 0.25) is 0 Å². The van der Waals surface area contributed by atoms with Crippen molar-refractivity contribution in [3.05, 3.63) is 32.2 Å². The maximum Gasteiger partial charge on any atom is 0.193 e. The first-order chi connectivity index (χ1) is 11.5. The molecule has 9 heteroatoms. The van der Waals surface area contributed by atoms with Crippen molar-refractivity contribution >= 4 is 52.6 Å². The molecule has 6 nitrogen and oxygen atoms in total. The van der Waals surface area contributed by atoms with Crippen molar-refractivity contribution in [1.82, 2.24) is 20.2 Å². The maximum atomic E-state index is 5.31. The maximum absolute atomic E-state index is 5.31. The van der Waals surface area contributed by atoms with E-state index in [0.29, 0.717) is 6.54 Å². The molecule has 25 heavy (non-hydrogen) atoms. The zero-order valence-electron chi connectivity index (χ0n) is 15.3. The van der Waals surface area contributed by atoms with Gasteiger partial charge in [0.05, 0.1) is 22.9 Å². The second-order valence-electron chi connectivity index (χ2n) is 5.49. The monoisotopic (exact) mass is 495 g/mol. The molecule has 0 aliphatic rings. The number of aromatic nitrogens is 2. The van der Waals surface area contributed by atoms with Crippen LogP contribution in [0.25, 0.3) is 0 Å². The van der Waals surface area contributed by atoms with Gasteiger partial charge >= 0.3 is 0 Å². The van der Waals surface area contributed by atoms with Crippen LogP contribution < -0.4 is 5.32 Å². The van der Waals surface area contributed by atoms with E-state index in [1.165, 1.54) is 0 Å². The van der Waals surface area contributed by atoms with Crippen LogP contribution in [0.4, 0.5) is 0 Å². The summed E-state index contributed by atoms with van der Waals surface area (Å²) >= 11 is 3.32. The molecule has 0 fully saturated rings. The highest BCUT2D eigenvalue weighted by molar-refractivity contribution is 14.0. The van der Waals surface area contributed by atoms with Gasteiger partial charge in [-0.05, 0) is 13.8 Å². The molecule has 0 saturated heterocycles. The van der Waals surface area contributed by atoms with Crippen LogP contribution in [0, 0.1) is 6.92 Å². The molecular weight excluding hydrogens is 469 g/mol. The summed E-state index contributed by atoms with van der Waals surface area (Å²) in [7, 11) is 5.51. The fourth-order valence-electron chi connectivity index (χ4n) is 2.21. The van der Waals surface area contributed by atoms with E-state index in [0.717, 1.165) is 40.3 Å². The van der Waals surface area contributed by atoms with Gasteiger partial charge in [0.15, 0.2) is 5.96 Å². The van der Waals surface area contributed by atoms with Gasteiger partial charge < -0.3 is 15.0 Å². The summed E-state index contributed by atoms with van der Waals surface area (Å²) in [5, 5.41) is 9.67. The highest BCUT2D eigenvalue weighted by atomic mass is 127. The van der Waals surface area contributed by atoms with E-state index < -0.39 is 0 Å². The van der Waals surface area contributed by atoms with Gasteiger partial charge in [0, 0.05) is 44.9 Å². The van der Waals surface area contributed by atoms with Crippen molar-refractivity contribution < 1.29 is 4.74 Å². The summed E-state index contributed by atoms with van der Waals surface area (Å²) in [6.07, 6.45) is 0.928. The zero-order chi connectivity index (χ0) is 17.5. The minimum absolute atomic E-state index is 0. The van der Waals surface area contributed by atoms with Crippen molar-refractivity contribution in [1.29, 1.82) is 0 Å². The summed E-state index contributed by atoms with van der Waals surface area (Å²) in [5.74, 6) is 0.858. The first kappa shape index (κ1) is 22.3. The largest absolute Gasteiger partial charge is 0.375 e. The summed E-state index contributed by atoms with van der Waals surface area (Å²) in [5.41, 5.74) is 2.15. The third-order valence-electron chi connectivity index (χ3n) is 3.57. The molecule has 0 radical (unpaired) electrons. The SMILES string of the molecule is CN=C(NCCc1csc(C)n1)N(C)Cc1csc(C(C)OC)n1.I. The zero-order valence-corrected chi connectivity index (χ0v) is 19.2. The van der Waals surface area contributed by atoms with Gasteiger partial charge in [-0.3, -0.25) is 4.99 Å². The molecule has 0 aliphatic carbocycles. The molecule has 140 valence electrons. The number of nitrogens with zero attached hydrogens (tertiary/aromatic N) is 4. The van der Waals surface area contributed by atoms with E-state index in [1.54, 1.807) is 36.8 Å². The first-order valence-electron chi connectivity index (χ1n) is 7.83. The van der Waals surface area contributed by atoms with Crippen LogP contribution in [0.15, 0.2) is 15.8 Å². The Morgan fingerprint density at radius 2 is 2.04 bits per heavy atom. The van der Waals surface area contributed by atoms with Crippen molar-refractivity contribution in [2.45, 2.75) is 32.9 Å². The van der Waals surface area contributed by atoms with Gasteiger partial charge in [0.25, 0.3) is 0 Å². The third kappa shape index (κ3) is 6.80. The van der Waals surface area contributed by atoms with Crippen LogP contribution in [0.1, 0.15) is 34.4 Å². The number of guanidine groups is 1. The number of aliphatic imine (C=N–C) groups is 1. The summed E-state index contributed by atoms with van der Waals surface area (Å²) in [6, 6.07) is 0. The highest BCUT2D eigenvalue weighted by Gasteiger charge is 2.12. The molecule has 1 N–H and O–H groups in total. The van der Waals surface area contributed by atoms with Gasteiger partial charge in [-0.15, -0.1) is 46.7 Å². The standard InChI is InChI=1S/C16H25N5OS2.HI/c1-11(22-5)15-20-14(10-24-15)8-21(4)16(17-3)18-7-6-13-9-23-12(2)19-13;/h9-11H,6-8H2,1-5H3,(H,17,18);1H. The van der Waals surface area contributed by atoms with Crippen LogP contribution >= 0.6 is 46.7 Å². The Hall–Kier alpha value is -0.780. The van der Waals surface area contributed by atoms with E-state index >= 15 is 0 Å². The lowest BCUT2D eigenvalue weighted by molar-refractivity contribution is 0.119. The molecule has 1 atom stereocenters. The van der Waals surface area contributed by atoms with E-state index in [4.69, 9.17) is 4.74 Å². The van der Waals surface area contributed by atoms with Gasteiger partial charge in [-0.1, -0.05) is 0 Å². The Balaban J connectivity index is 0.00000312. The minimum atomic E-state index is 0. The first-order valence-corrected chi connectivity index (χ1v) is 9.59. The number of hydrogen-bond acceptors (Lipinski definition) is 6. The smallest absolute Gasteiger partial charge is 0.193 e. The van der Waals surface area contributed by atoms with E-state index in [9.17, 15) is 0 Å². The molecule has 1 unspecified atom stereocenters. The van der Waals surface area contributed by atoms with Gasteiger partial charge in [-0.25, -0.2) is 9.97 Å².